The Morgan fingerprint density at radius 3 is 2.75 bits per heavy atom. The predicted molar refractivity (Wildman–Crippen MR) is 67.9 cm³/mol. The van der Waals surface area contributed by atoms with Gasteiger partial charge in [-0.2, -0.15) is 4.98 Å². The Bertz CT molecular complexity index is 747. The van der Waals surface area contributed by atoms with Crippen molar-refractivity contribution in [2.45, 2.75) is 0 Å². The molecule has 1 aromatic heterocycles. The van der Waals surface area contributed by atoms with Gasteiger partial charge in [-0.1, -0.05) is 0 Å². The van der Waals surface area contributed by atoms with Crippen molar-refractivity contribution in [3.63, 3.8) is 0 Å². The fraction of sp³-hybridized carbons (Fsp3) is 0. The van der Waals surface area contributed by atoms with Gasteiger partial charge in [0.15, 0.2) is 11.6 Å². The number of nitrogens with zero attached hydrogens (tertiary/aromatic N) is 2. The van der Waals surface area contributed by atoms with Gasteiger partial charge in [-0.25, -0.2) is 9.37 Å². The van der Waals surface area contributed by atoms with Crippen molar-refractivity contribution in [3.8, 4) is 0 Å². The summed E-state index contributed by atoms with van der Waals surface area (Å²) in [5, 5.41) is 4.85. The molecule has 0 aliphatic carbocycles. The van der Waals surface area contributed by atoms with E-state index in [0.717, 1.165) is 6.20 Å². The van der Waals surface area contributed by atoms with Crippen LogP contribution in [0.2, 0.25) is 0 Å². The Balaban J connectivity index is 1.97. The smallest absolute Gasteiger partial charge is 0.259 e. The number of carbonyl (C=O) groups excluding carboxylic acids is 2. The van der Waals surface area contributed by atoms with Crippen LogP contribution >= 0.6 is 0 Å². The van der Waals surface area contributed by atoms with E-state index in [9.17, 15) is 14.0 Å². The molecule has 2 amide bonds. The first kappa shape index (κ1) is 12.0. The largest absolute Gasteiger partial charge is 0.368 e. The first-order valence-electron chi connectivity index (χ1n) is 5.59. The van der Waals surface area contributed by atoms with E-state index in [1.165, 1.54) is 18.2 Å². The Kier molecular flexibility index (Phi) is 2.56. The molecule has 2 heterocycles. The second kappa shape index (κ2) is 4.26. The average Bonchev–Trinajstić information content (AvgIpc) is 2.69. The summed E-state index contributed by atoms with van der Waals surface area (Å²) in [4.78, 5) is 30.1. The van der Waals surface area contributed by atoms with Crippen LogP contribution in [0.25, 0.3) is 0 Å². The summed E-state index contributed by atoms with van der Waals surface area (Å²) in [6.07, 6.45) is 0.939. The molecule has 0 atom stereocenters. The van der Waals surface area contributed by atoms with E-state index >= 15 is 0 Å². The van der Waals surface area contributed by atoms with E-state index in [0.29, 0.717) is 5.69 Å². The topological polar surface area (TPSA) is 110 Å². The number of imide groups is 1. The van der Waals surface area contributed by atoms with Gasteiger partial charge >= 0.3 is 0 Å². The van der Waals surface area contributed by atoms with Gasteiger partial charge in [0.2, 0.25) is 5.95 Å². The number of aromatic nitrogens is 2. The normalized spacial score (nSPS) is 13.1. The van der Waals surface area contributed by atoms with E-state index < -0.39 is 17.6 Å². The van der Waals surface area contributed by atoms with Crippen LogP contribution in [0.3, 0.4) is 0 Å². The van der Waals surface area contributed by atoms with E-state index in [2.05, 4.69) is 20.6 Å². The lowest BCUT2D eigenvalue weighted by Crippen LogP contribution is -2.19. The van der Waals surface area contributed by atoms with Crippen LogP contribution in [-0.2, 0) is 0 Å². The molecular weight excluding hydrogens is 265 g/mol. The van der Waals surface area contributed by atoms with Gasteiger partial charge in [-0.3, -0.25) is 14.9 Å². The molecule has 0 spiro atoms. The van der Waals surface area contributed by atoms with Crippen LogP contribution in [0.4, 0.5) is 21.8 Å². The zero-order chi connectivity index (χ0) is 14.3. The molecule has 1 aromatic carbocycles. The second-order valence-electron chi connectivity index (χ2n) is 4.09. The van der Waals surface area contributed by atoms with Crippen LogP contribution in [0.5, 0.6) is 0 Å². The average molecular weight is 273 g/mol. The number of nitrogens with two attached hydrogens (primary N) is 1. The number of amides is 2. The highest BCUT2D eigenvalue weighted by Crippen LogP contribution is 2.23. The maximum Gasteiger partial charge on any atom is 0.259 e. The molecule has 0 saturated heterocycles. The third kappa shape index (κ3) is 1.92. The SMILES string of the molecule is Nc1ncc(F)c(Nc2ccc3c(c2)C(=O)NC3=O)n1. The number of hydrogen-bond acceptors (Lipinski definition) is 6. The minimum atomic E-state index is -0.680. The highest BCUT2D eigenvalue weighted by atomic mass is 19.1. The molecule has 20 heavy (non-hydrogen) atoms. The van der Waals surface area contributed by atoms with Crippen LogP contribution in [-0.4, -0.2) is 21.8 Å². The first-order valence-corrected chi connectivity index (χ1v) is 5.59. The van der Waals surface area contributed by atoms with Crippen LogP contribution in [0.1, 0.15) is 20.7 Å². The summed E-state index contributed by atoms with van der Waals surface area (Å²) in [6, 6.07) is 4.45. The third-order valence-electron chi connectivity index (χ3n) is 2.76. The van der Waals surface area contributed by atoms with Gasteiger partial charge in [0.05, 0.1) is 17.3 Å². The summed E-state index contributed by atoms with van der Waals surface area (Å²) < 4.78 is 13.5. The van der Waals surface area contributed by atoms with Crippen molar-refractivity contribution in [1.82, 2.24) is 15.3 Å². The van der Waals surface area contributed by atoms with Crippen molar-refractivity contribution in [2.24, 2.45) is 0 Å². The summed E-state index contributed by atoms with van der Waals surface area (Å²) in [6.45, 7) is 0. The summed E-state index contributed by atoms with van der Waals surface area (Å²) in [5.41, 5.74) is 6.29. The molecule has 100 valence electrons. The van der Waals surface area contributed by atoms with Crippen molar-refractivity contribution < 1.29 is 14.0 Å². The fourth-order valence-electron chi connectivity index (χ4n) is 1.85. The molecule has 0 radical (unpaired) electrons. The van der Waals surface area contributed by atoms with Crippen LogP contribution < -0.4 is 16.4 Å². The number of nitrogens with one attached hydrogen (secondary N) is 2. The van der Waals surface area contributed by atoms with Crippen LogP contribution in [0.15, 0.2) is 24.4 Å². The molecule has 0 unspecified atom stereocenters. The minimum absolute atomic E-state index is 0.0806. The number of hydrogen-bond donors (Lipinski definition) is 3. The maximum atomic E-state index is 13.5. The lowest BCUT2D eigenvalue weighted by atomic mass is 10.1. The summed E-state index contributed by atoms with van der Waals surface area (Å²) >= 11 is 0. The van der Waals surface area contributed by atoms with E-state index in [1.807, 2.05) is 0 Å². The third-order valence-corrected chi connectivity index (χ3v) is 2.76. The predicted octanol–water partition coefficient (Wildman–Crippen LogP) is 0.825. The Morgan fingerprint density at radius 2 is 1.95 bits per heavy atom. The molecule has 1 aliphatic rings. The van der Waals surface area contributed by atoms with Crippen molar-refractivity contribution >= 4 is 29.3 Å². The zero-order valence-corrected chi connectivity index (χ0v) is 9.98. The van der Waals surface area contributed by atoms with E-state index in [4.69, 9.17) is 5.73 Å². The summed E-state index contributed by atoms with van der Waals surface area (Å²) in [5.74, 6) is -1.81. The summed E-state index contributed by atoms with van der Waals surface area (Å²) in [7, 11) is 0. The second-order valence-corrected chi connectivity index (χ2v) is 4.09. The highest BCUT2D eigenvalue weighted by Gasteiger charge is 2.26. The lowest BCUT2D eigenvalue weighted by molar-refractivity contribution is 0.0879. The number of fused-ring (bicyclic) bond motifs is 1. The number of benzene rings is 1. The van der Waals surface area contributed by atoms with E-state index in [1.54, 1.807) is 0 Å². The number of nitrogen functional groups attached to an aromatic ring is 1. The van der Waals surface area contributed by atoms with Gasteiger partial charge in [0, 0.05) is 5.69 Å². The Morgan fingerprint density at radius 1 is 1.20 bits per heavy atom. The molecule has 8 heteroatoms. The quantitative estimate of drug-likeness (QED) is 0.699. The van der Waals surface area contributed by atoms with Gasteiger partial charge < -0.3 is 11.1 Å². The van der Waals surface area contributed by atoms with Gasteiger partial charge in [0.25, 0.3) is 11.8 Å². The molecule has 7 nitrogen and oxygen atoms in total. The number of halogens is 1. The standard InChI is InChI=1S/C12H8FN5O2/c13-8-4-15-12(14)17-9(8)16-5-1-2-6-7(3-5)11(20)18-10(6)19/h1-4H,(H,18,19,20)(H3,14,15,16,17). The molecule has 2 aromatic rings. The lowest BCUT2D eigenvalue weighted by Gasteiger charge is -2.07. The molecule has 0 bridgehead atoms. The Labute approximate surface area is 112 Å². The van der Waals surface area contributed by atoms with Crippen molar-refractivity contribution in [1.29, 1.82) is 0 Å². The number of carbonyl (C=O) groups is 2. The van der Waals surface area contributed by atoms with Gasteiger partial charge in [-0.05, 0) is 18.2 Å². The fourth-order valence-corrected chi connectivity index (χ4v) is 1.85. The molecular formula is C12H8FN5O2. The molecule has 0 saturated carbocycles. The molecule has 4 N–H and O–H groups in total. The first-order chi connectivity index (χ1) is 9.54. The van der Waals surface area contributed by atoms with Crippen molar-refractivity contribution in [2.75, 3.05) is 11.1 Å². The molecule has 1 aliphatic heterocycles. The van der Waals surface area contributed by atoms with Crippen LogP contribution in [0, 0.1) is 5.82 Å². The minimum Gasteiger partial charge on any atom is -0.368 e. The maximum absolute atomic E-state index is 13.5. The number of rotatable bonds is 2. The van der Waals surface area contributed by atoms with Gasteiger partial charge in [-0.15, -0.1) is 0 Å². The molecule has 3 rings (SSSR count). The highest BCUT2D eigenvalue weighted by molar-refractivity contribution is 6.21. The van der Waals surface area contributed by atoms with Gasteiger partial charge in [0.1, 0.15) is 0 Å². The Hall–Kier alpha value is -3.03. The van der Waals surface area contributed by atoms with E-state index in [-0.39, 0.29) is 22.9 Å². The number of anilines is 3. The molecule has 0 fully saturated rings. The van der Waals surface area contributed by atoms with Crippen molar-refractivity contribution in [3.05, 3.63) is 41.3 Å². The zero-order valence-electron chi connectivity index (χ0n) is 9.98. The monoisotopic (exact) mass is 273 g/mol.